The van der Waals surface area contributed by atoms with Gasteiger partial charge in [-0.2, -0.15) is 5.10 Å². The molecule has 4 N–H and O–H groups in total. The number of hydrogen-bond acceptors (Lipinski definition) is 9. The molecule has 14 nitrogen and oxygen atoms in total. The Bertz CT molecular complexity index is 2290. The lowest BCUT2D eigenvalue weighted by molar-refractivity contribution is -0.141. The zero-order valence-electron chi connectivity index (χ0n) is 29.9. The van der Waals surface area contributed by atoms with Crippen molar-refractivity contribution >= 4 is 55.3 Å². The molecular formula is C39H43N7O7S. The third kappa shape index (κ3) is 7.04. The Morgan fingerprint density at radius 1 is 0.981 bits per heavy atom. The van der Waals surface area contributed by atoms with Crippen LogP contribution in [0.5, 0.6) is 5.88 Å². The number of aromatic nitrogens is 3. The lowest BCUT2D eigenvalue weighted by Crippen LogP contribution is -2.58. The quantitative estimate of drug-likeness (QED) is 0.161. The molecule has 2 aliphatic heterocycles. The first kappa shape index (κ1) is 35.7. The maximum atomic E-state index is 14.6. The zero-order chi connectivity index (χ0) is 37.6. The monoisotopic (exact) mass is 753 g/mol. The van der Waals surface area contributed by atoms with Gasteiger partial charge in [-0.1, -0.05) is 61.4 Å². The second-order valence-electron chi connectivity index (χ2n) is 14.9. The molecule has 2 aliphatic carbocycles. The zero-order valence-corrected chi connectivity index (χ0v) is 30.7. The van der Waals surface area contributed by atoms with Gasteiger partial charge in [0.2, 0.25) is 27.7 Å². The van der Waals surface area contributed by atoms with E-state index in [4.69, 9.17) is 9.72 Å². The van der Waals surface area contributed by atoms with E-state index in [0.717, 1.165) is 34.5 Å². The number of amides is 4. The van der Waals surface area contributed by atoms with E-state index in [0.29, 0.717) is 43.7 Å². The molecule has 8 rings (SSSR count). The van der Waals surface area contributed by atoms with Crippen molar-refractivity contribution in [1.82, 2.24) is 35.4 Å². The summed E-state index contributed by atoms with van der Waals surface area (Å²) in [5.41, 5.74) is 0.0619. The molecular weight excluding hydrogens is 711 g/mol. The van der Waals surface area contributed by atoms with Crippen molar-refractivity contribution in [1.29, 1.82) is 0 Å². The van der Waals surface area contributed by atoms with Gasteiger partial charge in [0.25, 0.3) is 11.8 Å². The highest BCUT2D eigenvalue weighted by Gasteiger charge is 2.62. The Labute approximate surface area is 312 Å². The number of rotatable bonds is 7. The number of ether oxygens (including phenoxy) is 1. The molecule has 0 radical (unpaired) electrons. The van der Waals surface area contributed by atoms with Crippen molar-refractivity contribution in [3.8, 4) is 5.88 Å². The third-order valence-electron chi connectivity index (χ3n) is 10.9. The molecule has 0 bridgehead atoms. The van der Waals surface area contributed by atoms with E-state index in [-0.39, 0.29) is 25.1 Å². The van der Waals surface area contributed by atoms with Gasteiger partial charge in [-0.15, -0.1) is 0 Å². The number of fused-ring (bicyclic) bond motifs is 5. The largest absolute Gasteiger partial charge is 0.472 e. The number of nitrogens with zero attached hydrogens (tertiary/aromatic N) is 3. The Balaban J connectivity index is 1.12. The average Bonchev–Trinajstić information content (AvgIpc) is 4.05. The first-order valence-electron chi connectivity index (χ1n) is 18.6. The van der Waals surface area contributed by atoms with E-state index >= 15 is 0 Å². The molecule has 54 heavy (non-hydrogen) atoms. The van der Waals surface area contributed by atoms with Crippen LogP contribution in [0.3, 0.4) is 0 Å². The third-order valence-corrected chi connectivity index (χ3v) is 12.8. The fourth-order valence-electron chi connectivity index (χ4n) is 7.73. The molecule has 5 atom stereocenters. The number of hydrogen-bond donors (Lipinski definition) is 4. The van der Waals surface area contributed by atoms with Crippen LogP contribution in [0.2, 0.25) is 0 Å². The van der Waals surface area contributed by atoms with E-state index in [1.54, 1.807) is 13.0 Å². The second kappa shape index (κ2) is 14.2. The molecule has 2 aromatic carbocycles. The molecule has 2 aromatic heterocycles. The predicted molar refractivity (Wildman–Crippen MR) is 200 cm³/mol. The van der Waals surface area contributed by atoms with Crippen LogP contribution >= 0.6 is 0 Å². The van der Waals surface area contributed by atoms with Crippen LogP contribution in [0.15, 0.2) is 66.7 Å². The summed E-state index contributed by atoms with van der Waals surface area (Å²) < 4.78 is 34.5. The minimum absolute atomic E-state index is 0.00617. The highest BCUT2D eigenvalue weighted by Crippen LogP contribution is 2.46. The molecule has 3 fully saturated rings. The normalized spacial score (nSPS) is 26.9. The molecule has 4 heterocycles. The number of sulfonamides is 1. The van der Waals surface area contributed by atoms with Crippen LogP contribution in [0.25, 0.3) is 21.7 Å². The number of pyridine rings is 1. The molecule has 4 amide bonds. The van der Waals surface area contributed by atoms with Crippen molar-refractivity contribution in [3.05, 3.63) is 78.1 Å². The van der Waals surface area contributed by atoms with Gasteiger partial charge in [-0.3, -0.25) is 29.0 Å². The first-order valence-corrected chi connectivity index (χ1v) is 20.2. The van der Waals surface area contributed by atoms with Crippen LogP contribution in [-0.4, -0.2) is 87.6 Å². The van der Waals surface area contributed by atoms with Crippen LogP contribution in [0, 0.1) is 12.8 Å². The molecule has 15 heteroatoms. The fraction of sp³-hybridized carbons (Fsp3) is 0.436. The Morgan fingerprint density at radius 3 is 2.50 bits per heavy atom. The molecule has 0 spiro atoms. The number of aromatic amines is 1. The van der Waals surface area contributed by atoms with Gasteiger partial charge in [-0.25, -0.2) is 13.4 Å². The van der Waals surface area contributed by atoms with Crippen molar-refractivity contribution in [2.75, 3.05) is 6.54 Å². The van der Waals surface area contributed by atoms with Crippen molar-refractivity contribution in [3.63, 3.8) is 0 Å². The number of carbonyl (C=O) groups is 4. The number of benzene rings is 2. The minimum Gasteiger partial charge on any atom is -0.472 e. The van der Waals surface area contributed by atoms with Crippen LogP contribution in [-0.2, 0) is 24.4 Å². The summed E-state index contributed by atoms with van der Waals surface area (Å²) >= 11 is 0. The lowest BCUT2D eigenvalue weighted by Gasteiger charge is -2.29. The Morgan fingerprint density at radius 2 is 1.74 bits per heavy atom. The summed E-state index contributed by atoms with van der Waals surface area (Å²) in [4.78, 5) is 62.4. The van der Waals surface area contributed by atoms with Crippen molar-refractivity contribution in [2.24, 2.45) is 5.92 Å². The summed E-state index contributed by atoms with van der Waals surface area (Å²) in [6.45, 7) is 1.78. The van der Waals surface area contributed by atoms with E-state index < -0.39 is 68.5 Å². The summed E-state index contributed by atoms with van der Waals surface area (Å²) in [7, 11) is -3.89. The molecule has 2 unspecified atom stereocenters. The SMILES string of the molecule is Cc1cc(C(=O)N[C@H]2CCCCC/C=C\C3CC3(C(=O)NS(=O)(=O)C3CC3)NC(=O)[C@@H]3C[C@@H](Oc4nc5ccccc5c5ccccc45)CN3C2=O)n[nH]1. The summed E-state index contributed by atoms with van der Waals surface area (Å²) in [6, 6.07) is 15.0. The highest BCUT2D eigenvalue weighted by molar-refractivity contribution is 7.91. The maximum absolute atomic E-state index is 14.6. The average molecular weight is 754 g/mol. The highest BCUT2D eigenvalue weighted by atomic mass is 32.2. The number of carbonyl (C=O) groups excluding carboxylic acids is 4. The number of nitrogens with one attached hydrogen (secondary N) is 4. The van der Waals surface area contributed by atoms with Crippen LogP contribution in [0.1, 0.15) is 74.0 Å². The Hall–Kier alpha value is -5.31. The van der Waals surface area contributed by atoms with Gasteiger partial charge < -0.3 is 20.3 Å². The van der Waals surface area contributed by atoms with Gasteiger partial charge in [0.05, 0.1) is 17.3 Å². The summed E-state index contributed by atoms with van der Waals surface area (Å²) in [5.74, 6) is -2.44. The second-order valence-corrected chi connectivity index (χ2v) is 16.9. The summed E-state index contributed by atoms with van der Waals surface area (Å²) in [6.07, 6.45) is 7.63. The standard InChI is InChI=1S/C39H43N7O7S/c1-23-19-32(44-43-23)34(47)40-31-16-6-4-2-3-5-11-24-21-39(24,38(50)45-54(51,52)26-17-18-26)42-35(48)33-20-25(22-46(33)37(31)49)53-36-29-14-8-7-12-27(29)28-13-9-10-15-30(28)41-36/h5,7-15,19,24-26,31,33H,2-4,6,16-18,20-22H2,1H3,(H,40,47)(H,42,48)(H,43,44)(H,45,50)/b11-5-/t24?,25-,31+,33+,39?/m1/s1. The molecule has 1 saturated heterocycles. The summed E-state index contributed by atoms with van der Waals surface area (Å²) in [5, 5.41) is 14.6. The molecule has 4 aliphatic rings. The molecule has 4 aromatic rings. The number of aryl methyl sites for hydroxylation is 1. The van der Waals surface area contributed by atoms with E-state index in [9.17, 15) is 27.6 Å². The maximum Gasteiger partial charge on any atom is 0.272 e. The van der Waals surface area contributed by atoms with Gasteiger partial charge in [0, 0.05) is 28.8 Å². The van der Waals surface area contributed by atoms with Gasteiger partial charge in [0.15, 0.2) is 0 Å². The van der Waals surface area contributed by atoms with Crippen LogP contribution in [0.4, 0.5) is 0 Å². The van der Waals surface area contributed by atoms with E-state index in [1.165, 1.54) is 4.90 Å². The number of H-pyrrole nitrogens is 1. The number of allylic oxidation sites excluding steroid dienone is 1. The smallest absolute Gasteiger partial charge is 0.272 e. The van der Waals surface area contributed by atoms with Crippen molar-refractivity contribution in [2.45, 2.75) is 93.7 Å². The fourth-order valence-corrected chi connectivity index (χ4v) is 9.10. The van der Waals surface area contributed by atoms with Gasteiger partial charge >= 0.3 is 0 Å². The Kier molecular flexibility index (Phi) is 9.36. The molecule has 2 saturated carbocycles. The number of para-hydroxylation sites is 1. The van der Waals surface area contributed by atoms with Crippen LogP contribution < -0.4 is 20.1 Å². The van der Waals surface area contributed by atoms with E-state index in [1.807, 2.05) is 60.7 Å². The van der Waals surface area contributed by atoms with E-state index in [2.05, 4.69) is 25.6 Å². The molecule has 282 valence electrons. The van der Waals surface area contributed by atoms with Gasteiger partial charge in [0.1, 0.15) is 29.4 Å². The minimum atomic E-state index is -3.89. The lowest BCUT2D eigenvalue weighted by atomic mass is 10.0. The van der Waals surface area contributed by atoms with Gasteiger partial charge in [-0.05, 0) is 69.0 Å². The predicted octanol–water partition coefficient (Wildman–Crippen LogP) is 3.57. The van der Waals surface area contributed by atoms with Crippen molar-refractivity contribution < 1.29 is 32.3 Å². The topological polar surface area (TPSA) is 193 Å². The first-order chi connectivity index (χ1) is 26.0.